The van der Waals surface area contributed by atoms with Crippen LogP contribution >= 0.6 is 27.3 Å². The predicted molar refractivity (Wildman–Crippen MR) is 72.7 cm³/mol. The van der Waals surface area contributed by atoms with Crippen LogP contribution in [0.1, 0.15) is 5.01 Å². The molecule has 0 saturated heterocycles. The first kappa shape index (κ1) is 12.4. The van der Waals surface area contributed by atoms with Crippen molar-refractivity contribution in [2.75, 3.05) is 6.79 Å². The zero-order valence-electron chi connectivity index (χ0n) is 9.55. The number of fused-ring (bicyclic) bond motifs is 1. The molecule has 0 radical (unpaired) electrons. The van der Waals surface area contributed by atoms with Crippen LogP contribution in [0.3, 0.4) is 0 Å². The summed E-state index contributed by atoms with van der Waals surface area (Å²) in [5, 5.41) is 11.2. The Kier molecular flexibility index (Phi) is 3.16. The number of aliphatic carboxylic acids is 1. The van der Waals surface area contributed by atoms with Crippen LogP contribution in [-0.2, 0) is 11.2 Å². The standard InChI is InChI=1S/C12H8BrNO4S/c13-7-2-10-9(17-5-18-10)1-6(7)8-4-19-11(14-8)3-12(15)16/h1-2,4H,3,5H2,(H,15,16). The second-order valence-electron chi connectivity index (χ2n) is 3.88. The van der Waals surface area contributed by atoms with Gasteiger partial charge in [0.25, 0.3) is 0 Å². The lowest BCUT2D eigenvalue weighted by atomic mass is 10.1. The van der Waals surface area contributed by atoms with Gasteiger partial charge in [0.05, 0.1) is 12.1 Å². The van der Waals surface area contributed by atoms with Crippen LogP contribution < -0.4 is 9.47 Å². The molecule has 0 amide bonds. The summed E-state index contributed by atoms with van der Waals surface area (Å²) < 4.78 is 11.4. The molecule has 0 bridgehead atoms. The normalized spacial score (nSPS) is 12.7. The fraction of sp³-hybridized carbons (Fsp3) is 0.167. The number of hydrogen-bond donors (Lipinski definition) is 1. The van der Waals surface area contributed by atoms with E-state index in [1.807, 2.05) is 17.5 Å². The number of carboxylic acids is 1. The highest BCUT2D eigenvalue weighted by Gasteiger charge is 2.18. The van der Waals surface area contributed by atoms with E-state index >= 15 is 0 Å². The van der Waals surface area contributed by atoms with Gasteiger partial charge in [-0.05, 0) is 28.1 Å². The van der Waals surface area contributed by atoms with E-state index in [1.165, 1.54) is 11.3 Å². The van der Waals surface area contributed by atoms with E-state index in [9.17, 15) is 4.79 Å². The smallest absolute Gasteiger partial charge is 0.310 e. The van der Waals surface area contributed by atoms with Crippen molar-refractivity contribution in [3.8, 4) is 22.8 Å². The molecule has 0 saturated carbocycles. The maximum Gasteiger partial charge on any atom is 0.310 e. The van der Waals surface area contributed by atoms with Crippen molar-refractivity contribution in [2.45, 2.75) is 6.42 Å². The van der Waals surface area contributed by atoms with Gasteiger partial charge in [0.1, 0.15) is 5.01 Å². The van der Waals surface area contributed by atoms with Crippen LogP contribution in [-0.4, -0.2) is 22.9 Å². The summed E-state index contributed by atoms with van der Waals surface area (Å²) in [6.07, 6.45) is -0.0627. The van der Waals surface area contributed by atoms with Crippen molar-refractivity contribution >= 4 is 33.2 Å². The number of carboxylic acid groups (broad SMARTS) is 1. The molecule has 7 heteroatoms. The lowest BCUT2D eigenvalue weighted by Crippen LogP contribution is -1.99. The minimum Gasteiger partial charge on any atom is -0.481 e. The number of benzene rings is 1. The molecule has 1 aromatic heterocycles. The third-order valence-electron chi connectivity index (χ3n) is 2.59. The number of carbonyl (C=O) groups is 1. The van der Waals surface area contributed by atoms with Gasteiger partial charge in [-0.25, -0.2) is 4.98 Å². The first-order valence-electron chi connectivity index (χ1n) is 5.39. The lowest BCUT2D eigenvalue weighted by molar-refractivity contribution is -0.136. The fourth-order valence-electron chi connectivity index (χ4n) is 1.76. The molecule has 19 heavy (non-hydrogen) atoms. The van der Waals surface area contributed by atoms with E-state index in [0.717, 1.165) is 15.7 Å². The maximum absolute atomic E-state index is 10.7. The van der Waals surface area contributed by atoms with Gasteiger partial charge in [-0.15, -0.1) is 11.3 Å². The maximum atomic E-state index is 10.7. The number of aromatic nitrogens is 1. The van der Waals surface area contributed by atoms with Gasteiger partial charge in [-0.3, -0.25) is 4.79 Å². The Balaban J connectivity index is 1.98. The summed E-state index contributed by atoms with van der Waals surface area (Å²) in [6.45, 7) is 0.215. The lowest BCUT2D eigenvalue weighted by Gasteiger charge is -2.03. The summed E-state index contributed by atoms with van der Waals surface area (Å²) in [5.41, 5.74) is 1.59. The van der Waals surface area contributed by atoms with Crippen molar-refractivity contribution < 1.29 is 19.4 Å². The Hall–Kier alpha value is -1.60. The van der Waals surface area contributed by atoms with E-state index in [0.29, 0.717) is 16.5 Å². The number of thiazole rings is 1. The highest BCUT2D eigenvalue weighted by molar-refractivity contribution is 9.10. The van der Waals surface area contributed by atoms with Crippen LogP contribution in [0.4, 0.5) is 0 Å². The molecule has 1 N–H and O–H groups in total. The van der Waals surface area contributed by atoms with Crippen LogP contribution in [0.15, 0.2) is 22.0 Å². The van der Waals surface area contributed by atoms with Crippen LogP contribution in [0.5, 0.6) is 11.5 Å². The zero-order chi connectivity index (χ0) is 13.4. The van der Waals surface area contributed by atoms with E-state index in [1.54, 1.807) is 0 Å². The molecule has 0 spiro atoms. The third kappa shape index (κ3) is 2.43. The summed E-state index contributed by atoms with van der Waals surface area (Å²) in [4.78, 5) is 15.0. The van der Waals surface area contributed by atoms with Crippen molar-refractivity contribution in [3.05, 3.63) is 27.0 Å². The van der Waals surface area contributed by atoms with Crippen LogP contribution in [0.2, 0.25) is 0 Å². The molecule has 0 atom stereocenters. The van der Waals surface area contributed by atoms with Gasteiger partial charge in [0.15, 0.2) is 11.5 Å². The third-order valence-corrected chi connectivity index (χ3v) is 4.10. The quantitative estimate of drug-likeness (QED) is 0.929. The van der Waals surface area contributed by atoms with Crippen molar-refractivity contribution in [3.63, 3.8) is 0 Å². The molecule has 2 heterocycles. The fourth-order valence-corrected chi connectivity index (χ4v) is 3.07. The van der Waals surface area contributed by atoms with Crippen LogP contribution in [0.25, 0.3) is 11.3 Å². The molecule has 98 valence electrons. The molecule has 3 rings (SSSR count). The summed E-state index contributed by atoms with van der Waals surface area (Å²) >= 11 is 4.79. The van der Waals surface area contributed by atoms with E-state index < -0.39 is 5.97 Å². The van der Waals surface area contributed by atoms with Gasteiger partial charge < -0.3 is 14.6 Å². The molecular formula is C12H8BrNO4S. The highest BCUT2D eigenvalue weighted by Crippen LogP contribution is 2.41. The van der Waals surface area contributed by atoms with Gasteiger partial charge >= 0.3 is 5.97 Å². The predicted octanol–water partition coefficient (Wildman–Crippen LogP) is 2.93. The first-order chi connectivity index (χ1) is 9.13. The summed E-state index contributed by atoms with van der Waals surface area (Å²) in [7, 11) is 0. The molecular weight excluding hydrogens is 334 g/mol. The second-order valence-corrected chi connectivity index (χ2v) is 5.68. The number of halogens is 1. The first-order valence-corrected chi connectivity index (χ1v) is 7.06. The molecule has 1 aliphatic rings. The van der Waals surface area contributed by atoms with Gasteiger partial charge in [0.2, 0.25) is 6.79 Å². The second kappa shape index (κ2) is 4.82. The Morgan fingerprint density at radius 1 is 1.42 bits per heavy atom. The molecule has 0 aliphatic carbocycles. The van der Waals surface area contributed by atoms with Gasteiger partial charge in [-0.1, -0.05) is 0 Å². The number of rotatable bonds is 3. The Bertz CT molecular complexity index is 655. The molecule has 0 unspecified atom stereocenters. The Morgan fingerprint density at radius 2 is 2.16 bits per heavy atom. The molecule has 5 nitrogen and oxygen atoms in total. The molecule has 1 aliphatic heterocycles. The number of ether oxygens (including phenoxy) is 2. The number of nitrogens with zero attached hydrogens (tertiary/aromatic N) is 1. The van der Waals surface area contributed by atoms with Gasteiger partial charge in [-0.2, -0.15) is 0 Å². The van der Waals surface area contributed by atoms with Gasteiger partial charge in [0, 0.05) is 15.4 Å². The zero-order valence-corrected chi connectivity index (χ0v) is 12.0. The van der Waals surface area contributed by atoms with E-state index in [2.05, 4.69) is 20.9 Å². The summed E-state index contributed by atoms with van der Waals surface area (Å²) in [6, 6.07) is 3.67. The highest BCUT2D eigenvalue weighted by atomic mass is 79.9. The summed E-state index contributed by atoms with van der Waals surface area (Å²) in [5.74, 6) is 0.480. The van der Waals surface area contributed by atoms with Crippen LogP contribution in [0, 0.1) is 0 Å². The Labute approximate surface area is 120 Å². The van der Waals surface area contributed by atoms with E-state index in [4.69, 9.17) is 14.6 Å². The minimum absolute atomic E-state index is 0.0627. The van der Waals surface area contributed by atoms with Crippen molar-refractivity contribution in [2.24, 2.45) is 0 Å². The number of hydrogen-bond acceptors (Lipinski definition) is 5. The van der Waals surface area contributed by atoms with E-state index in [-0.39, 0.29) is 13.2 Å². The average Bonchev–Trinajstić information content (AvgIpc) is 2.95. The largest absolute Gasteiger partial charge is 0.481 e. The van der Waals surface area contributed by atoms with Crippen molar-refractivity contribution in [1.29, 1.82) is 0 Å². The molecule has 2 aromatic rings. The molecule has 0 fully saturated rings. The monoisotopic (exact) mass is 341 g/mol. The Morgan fingerprint density at radius 3 is 2.89 bits per heavy atom. The minimum atomic E-state index is -0.884. The topological polar surface area (TPSA) is 68.7 Å². The van der Waals surface area contributed by atoms with Crippen molar-refractivity contribution in [1.82, 2.24) is 4.98 Å². The molecule has 1 aromatic carbocycles. The average molecular weight is 342 g/mol. The SMILES string of the molecule is O=C(O)Cc1nc(-c2cc3c(cc2Br)OCO3)cs1.